The van der Waals surface area contributed by atoms with Crippen LogP contribution in [0.4, 0.5) is 0 Å². The van der Waals surface area contributed by atoms with Crippen molar-refractivity contribution in [2.75, 3.05) is 0 Å². The molecule has 2 rings (SSSR count). The summed E-state index contributed by atoms with van der Waals surface area (Å²) in [6, 6.07) is 0. The van der Waals surface area contributed by atoms with Gasteiger partial charge in [-0.25, -0.2) is 0 Å². The van der Waals surface area contributed by atoms with Crippen molar-refractivity contribution in [3.63, 3.8) is 0 Å². The first-order valence-corrected chi connectivity index (χ1v) is 6.68. The molecule has 4 atom stereocenters. The average molecular weight is 306 g/mol. The molecule has 80 valence electrons. The molecule has 0 aromatic rings. The zero-order valence-electron chi connectivity index (χ0n) is 8.96. The quantitative estimate of drug-likeness (QED) is 0.679. The van der Waals surface area contributed by atoms with Crippen LogP contribution >= 0.6 is 22.6 Å². The molecule has 1 N–H and O–H groups in total. The van der Waals surface area contributed by atoms with Crippen LogP contribution in [-0.2, 0) is 0 Å². The molecule has 2 aliphatic rings. The molecule has 0 spiro atoms. The largest absolute Gasteiger partial charge is 0.388 e. The second-order valence-electron chi connectivity index (χ2n) is 5.18. The molecule has 0 aromatic carbocycles. The summed E-state index contributed by atoms with van der Waals surface area (Å²) < 4.78 is 1.16. The number of rotatable bonds is 0. The second-order valence-corrected chi connectivity index (χ2v) is 6.42. The van der Waals surface area contributed by atoms with Gasteiger partial charge in [0.25, 0.3) is 0 Å². The highest BCUT2D eigenvalue weighted by molar-refractivity contribution is 14.1. The molecule has 0 saturated heterocycles. The van der Waals surface area contributed by atoms with E-state index in [0.29, 0.717) is 11.3 Å². The van der Waals surface area contributed by atoms with Crippen molar-refractivity contribution in [1.29, 1.82) is 0 Å². The maximum atomic E-state index is 9.84. The molecule has 14 heavy (non-hydrogen) atoms. The summed E-state index contributed by atoms with van der Waals surface area (Å²) in [5.74, 6) is 1.48. The molecule has 0 aliphatic heterocycles. The van der Waals surface area contributed by atoms with E-state index in [4.69, 9.17) is 0 Å². The second kappa shape index (κ2) is 3.78. The minimum Gasteiger partial charge on any atom is -0.388 e. The van der Waals surface area contributed by atoms with E-state index in [9.17, 15) is 5.11 Å². The van der Waals surface area contributed by atoms with Crippen molar-refractivity contribution >= 4 is 22.6 Å². The first kappa shape index (κ1) is 10.9. The maximum Gasteiger partial charge on any atom is 0.0846 e. The summed E-state index contributed by atoms with van der Waals surface area (Å²) in [6.07, 6.45) is 7.14. The third-order valence-corrected chi connectivity index (χ3v) is 5.44. The Kier molecular flexibility index (Phi) is 2.95. The van der Waals surface area contributed by atoms with Crippen molar-refractivity contribution in [3.05, 3.63) is 9.66 Å². The Morgan fingerprint density at radius 1 is 1.50 bits per heavy atom. The van der Waals surface area contributed by atoms with Crippen molar-refractivity contribution in [3.8, 4) is 0 Å². The van der Waals surface area contributed by atoms with Crippen molar-refractivity contribution < 1.29 is 5.11 Å². The topological polar surface area (TPSA) is 20.2 Å². The Morgan fingerprint density at radius 3 is 2.93 bits per heavy atom. The maximum absolute atomic E-state index is 9.84. The minimum atomic E-state index is -0.182. The molecule has 2 aliphatic carbocycles. The summed E-state index contributed by atoms with van der Waals surface area (Å²) >= 11 is 2.30. The molecule has 1 saturated carbocycles. The van der Waals surface area contributed by atoms with E-state index in [0.717, 1.165) is 15.9 Å². The molecule has 0 bridgehead atoms. The normalized spacial score (nSPS) is 48.3. The van der Waals surface area contributed by atoms with Crippen LogP contribution in [0.5, 0.6) is 0 Å². The first-order chi connectivity index (χ1) is 6.54. The number of hydrogen-bond donors (Lipinski definition) is 1. The van der Waals surface area contributed by atoms with Crippen LogP contribution < -0.4 is 0 Å². The summed E-state index contributed by atoms with van der Waals surface area (Å²) in [5, 5.41) is 9.84. The molecule has 2 heteroatoms. The number of fused-ring (bicyclic) bond motifs is 1. The lowest BCUT2D eigenvalue weighted by Gasteiger charge is -2.48. The van der Waals surface area contributed by atoms with E-state index in [1.165, 1.54) is 19.3 Å². The van der Waals surface area contributed by atoms with Gasteiger partial charge in [-0.2, -0.15) is 0 Å². The minimum absolute atomic E-state index is 0.182. The van der Waals surface area contributed by atoms with Gasteiger partial charge in [0.15, 0.2) is 0 Å². The predicted octanol–water partition coefficient (Wildman–Crippen LogP) is 3.51. The highest BCUT2D eigenvalue weighted by atomic mass is 127. The fourth-order valence-corrected chi connectivity index (χ4v) is 4.03. The SMILES string of the molecule is C[C@@H]1CCC[C@H]2CC(O)C(I)=C[C@]21C. The molecule has 1 nitrogen and oxygen atoms in total. The van der Waals surface area contributed by atoms with E-state index in [1.807, 2.05) is 0 Å². The highest BCUT2D eigenvalue weighted by Crippen LogP contribution is 2.52. The zero-order chi connectivity index (χ0) is 10.3. The van der Waals surface area contributed by atoms with Crippen LogP contribution in [0, 0.1) is 17.3 Å². The van der Waals surface area contributed by atoms with E-state index in [-0.39, 0.29) is 6.10 Å². The van der Waals surface area contributed by atoms with Crippen LogP contribution in [0.1, 0.15) is 39.5 Å². The van der Waals surface area contributed by atoms with Crippen LogP contribution in [0.2, 0.25) is 0 Å². The Bertz CT molecular complexity index is 261. The number of aliphatic hydroxyl groups excluding tert-OH is 1. The van der Waals surface area contributed by atoms with E-state index in [2.05, 4.69) is 42.5 Å². The Balaban J connectivity index is 2.32. The lowest BCUT2D eigenvalue weighted by molar-refractivity contribution is 0.0462. The third kappa shape index (κ3) is 1.64. The number of hydrogen-bond acceptors (Lipinski definition) is 1. The van der Waals surface area contributed by atoms with E-state index in [1.54, 1.807) is 0 Å². The van der Waals surface area contributed by atoms with Gasteiger partial charge in [-0.1, -0.05) is 26.3 Å². The standard InChI is InChI=1S/C12H19IO/c1-8-4-3-5-9-6-11(14)10(13)7-12(8,9)2/h7-9,11,14H,3-6H2,1-2H3/t8-,9+,11?,12+/m1/s1. The average Bonchev–Trinajstić information content (AvgIpc) is 2.11. The van der Waals surface area contributed by atoms with Crippen LogP contribution in [0.15, 0.2) is 9.66 Å². The van der Waals surface area contributed by atoms with Gasteiger partial charge in [-0.05, 0) is 59.1 Å². The molecular formula is C12H19IO. The third-order valence-electron chi connectivity index (χ3n) is 4.41. The fraction of sp³-hybridized carbons (Fsp3) is 0.833. The number of aliphatic hydroxyl groups is 1. The molecule has 0 amide bonds. The van der Waals surface area contributed by atoms with Crippen LogP contribution in [0.3, 0.4) is 0 Å². The van der Waals surface area contributed by atoms with Crippen molar-refractivity contribution in [2.24, 2.45) is 17.3 Å². The molecule has 0 aromatic heterocycles. The monoisotopic (exact) mass is 306 g/mol. The Hall–Kier alpha value is 0.430. The number of allylic oxidation sites excluding steroid dienone is 1. The van der Waals surface area contributed by atoms with Gasteiger partial charge in [0.05, 0.1) is 6.10 Å². The first-order valence-electron chi connectivity index (χ1n) is 5.60. The van der Waals surface area contributed by atoms with Crippen LogP contribution in [-0.4, -0.2) is 11.2 Å². The van der Waals surface area contributed by atoms with Gasteiger partial charge in [0.1, 0.15) is 0 Å². The molecule has 0 radical (unpaired) electrons. The summed E-state index contributed by atoms with van der Waals surface area (Å²) in [5.41, 5.74) is 0.355. The van der Waals surface area contributed by atoms with Crippen molar-refractivity contribution in [1.82, 2.24) is 0 Å². The van der Waals surface area contributed by atoms with Gasteiger partial charge in [0.2, 0.25) is 0 Å². The lowest BCUT2D eigenvalue weighted by atomic mass is 9.58. The Labute approximate surface area is 100 Å². The summed E-state index contributed by atoms with van der Waals surface area (Å²) in [6.45, 7) is 4.75. The molecule has 0 heterocycles. The molecule has 1 fully saturated rings. The Morgan fingerprint density at radius 2 is 2.21 bits per heavy atom. The molecule has 1 unspecified atom stereocenters. The highest BCUT2D eigenvalue weighted by Gasteiger charge is 2.43. The van der Waals surface area contributed by atoms with E-state index >= 15 is 0 Å². The lowest BCUT2D eigenvalue weighted by Crippen LogP contribution is -2.41. The summed E-state index contributed by atoms with van der Waals surface area (Å²) in [4.78, 5) is 0. The van der Waals surface area contributed by atoms with Gasteiger partial charge < -0.3 is 5.11 Å². The zero-order valence-corrected chi connectivity index (χ0v) is 11.1. The van der Waals surface area contributed by atoms with E-state index < -0.39 is 0 Å². The number of halogens is 1. The molecular weight excluding hydrogens is 287 g/mol. The summed E-state index contributed by atoms with van der Waals surface area (Å²) in [7, 11) is 0. The fourth-order valence-electron chi connectivity index (χ4n) is 3.10. The smallest absolute Gasteiger partial charge is 0.0846 e. The van der Waals surface area contributed by atoms with Gasteiger partial charge in [-0.15, -0.1) is 0 Å². The van der Waals surface area contributed by atoms with Gasteiger partial charge in [-0.3, -0.25) is 0 Å². The van der Waals surface area contributed by atoms with Crippen molar-refractivity contribution in [2.45, 2.75) is 45.6 Å². The predicted molar refractivity (Wildman–Crippen MR) is 67.3 cm³/mol. The van der Waals surface area contributed by atoms with Crippen LogP contribution in [0.25, 0.3) is 0 Å². The van der Waals surface area contributed by atoms with Gasteiger partial charge >= 0.3 is 0 Å². The van der Waals surface area contributed by atoms with Gasteiger partial charge in [0, 0.05) is 3.58 Å².